The third kappa shape index (κ3) is 4.03. The fourth-order valence-corrected chi connectivity index (χ4v) is 3.38. The molecule has 1 amide bonds. The largest absolute Gasteiger partial charge is 0.369 e. The van der Waals surface area contributed by atoms with E-state index in [1.807, 2.05) is 4.90 Å². The Labute approximate surface area is 142 Å². The number of nitrogens with zero attached hydrogens (tertiary/aromatic N) is 4. The molecular weight excluding hydrogens is 308 g/mol. The highest BCUT2D eigenvalue weighted by atomic mass is 16.6. The number of likely N-dealkylation sites (tertiary alicyclic amines) is 1. The molecule has 0 spiro atoms. The van der Waals surface area contributed by atoms with Gasteiger partial charge in [0.15, 0.2) is 0 Å². The molecule has 3 rings (SSSR count). The van der Waals surface area contributed by atoms with Crippen molar-refractivity contribution in [3.05, 3.63) is 34.4 Å². The van der Waals surface area contributed by atoms with E-state index in [1.54, 1.807) is 24.3 Å². The number of carbonyl (C=O) groups is 1. The first kappa shape index (κ1) is 16.7. The van der Waals surface area contributed by atoms with Gasteiger partial charge in [0.1, 0.15) is 0 Å². The van der Waals surface area contributed by atoms with Gasteiger partial charge in [-0.25, -0.2) is 0 Å². The quantitative estimate of drug-likeness (QED) is 0.620. The summed E-state index contributed by atoms with van der Waals surface area (Å²) in [4.78, 5) is 29.1. The van der Waals surface area contributed by atoms with Crippen LogP contribution in [0.5, 0.6) is 0 Å². The summed E-state index contributed by atoms with van der Waals surface area (Å²) < 4.78 is 0. The van der Waals surface area contributed by atoms with E-state index in [1.165, 1.54) is 6.42 Å². The predicted molar refractivity (Wildman–Crippen MR) is 92.2 cm³/mol. The zero-order chi connectivity index (χ0) is 16.9. The van der Waals surface area contributed by atoms with Crippen LogP contribution in [0.3, 0.4) is 0 Å². The van der Waals surface area contributed by atoms with Gasteiger partial charge in [0.05, 0.1) is 11.5 Å². The van der Waals surface area contributed by atoms with Gasteiger partial charge in [-0.05, 0) is 31.4 Å². The number of anilines is 1. The van der Waals surface area contributed by atoms with Gasteiger partial charge in [-0.1, -0.05) is 0 Å². The molecule has 2 saturated heterocycles. The molecule has 2 fully saturated rings. The fourth-order valence-electron chi connectivity index (χ4n) is 3.38. The van der Waals surface area contributed by atoms with Crippen molar-refractivity contribution in [2.75, 3.05) is 50.7 Å². The Morgan fingerprint density at radius 3 is 2.17 bits per heavy atom. The maximum atomic E-state index is 12.3. The van der Waals surface area contributed by atoms with E-state index in [2.05, 4.69) is 9.80 Å². The number of amides is 1. The van der Waals surface area contributed by atoms with Crippen molar-refractivity contribution in [1.82, 2.24) is 9.80 Å². The second kappa shape index (κ2) is 7.61. The number of nitro groups is 1. The molecule has 0 saturated carbocycles. The van der Waals surface area contributed by atoms with Gasteiger partial charge in [0.2, 0.25) is 5.91 Å². The predicted octanol–water partition coefficient (Wildman–Crippen LogP) is 1.73. The number of benzene rings is 1. The van der Waals surface area contributed by atoms with E-state index in [0.717, 1.165) is 57.8 Å². The lowest BCUT2D eigenvalue weighted by atomic mass is 10.1. The highest BCUT2D eigenvalue weighted by Crippen LogP contribution is 2.20. The zero-order valence-electron chi connectivity index (χ0n) is 13.9. The van der Waals surface area contributed by atoms with Crippen LogP contribution in [0.1, 0.15) is 19.3 Å². The van der Waals surface area contributed by atoms with Crippen LogP contribution in [0.4, 0.5) is 11.4 Å². The van der Waals surface area contributed by atoms with Crippen molar-refractivity contribution in [2.45, 2.75) is 19.3 Å². The first-order valence-corrected chi connectivity index (χ1v) is 8.63. The summed E-state index contributed by atoms with van der Waals surface area (Å²) in [7, 11) is 0. The minimum atomic E-state index is -0.381. The molecule has 130 valence electrons. The van der Waals surface area contributed by atoms with Gasteiger partial charge in [0, 0.05) is 57.1 Å². The summed E-state index contributed by atoms with van der Waals surface area (Å²) in [5.74, 6) is 0.249. The Kier molecular flexibility index (Phi) is 5.30. The first-order valence-electron chi connectivity index (χ1n) is 8.63. The Hall–Kier alpha value is -2.15. The minimum absolute atomic E-state index is 0.115. The lowest BCUT2D eigenvalue weighted by Gasteiger charge is -2.37. The first-order chi connectivity index (χ1) is 11.6. The van der Waals surface area contributed by atoms with Gasteiger partial charge in [-0.2, -0.15) is 0 Å². The number of hydrogen-bond donors (Lipinski definition) is 0. The second-order valence-corrected chi connectivity index (χ2v) is 6.48. The van der Waals surface area contributed by atoms with E-state index in [-0.39, 0.29) is 16.5 Å². The van der Waals surface area contributed by atoms with E-state index < -0.39 is 0 Å². The van der Waals surface area contributed by atoms with Gasteiger partial charge in [-0.3, -0.25) is 19.8 Å². The topological polar surface area (TPSA) is 69.9 Å². The molecule has 1 aromatic carbocycles. The van der Waals surface area contributed by atoms with Crippen molar-refractivity contribution < 1.29 is 9.72 Å². The van der Waals surface area contributed by atoms with Gasteiger partial charge < -0.3 is 9.80 Å². The third-order valence-corrected chi connectivity index (χ3v) is 4.87. The molecule has 0 radical (unpaired) electrons. The van der Waals surface area contributed by atoms with E-state index in [4.69, 9.17) is 0 Å². The van der Waals surface area contributed by atoms with Crippen LogP contribution in [0.25, 0.3) is 0 Å². The number of piperazine rings is 1. The van der Waals surface area contributed by atoms with Crippen LogP contribution in [-0.2, 0) is 4.79 Å². The molecule has 7 nitrogen and oxygen atoms in total. The lowest BCUT2D eigenvalue weighted by Crippen LogP contribution is -2.50. The highest BCUT2D eigenvalue weighted by molar-refractivity contribution is 5.78. The highest BCUT2D eigenvalue weighted by Gasteiger charge is 2.23. The van der Waals surface area contributed by atoms with E-state index in [9.17, 15) is 14.9 Å². The fraction of sp³-hybridized carbons (Fsp3) is 0.588. The molecule has 0 unspecified atom stereocenters. The molecule has 2 aliphatic rings. The smallest absolute Gasteiger partial charge is 0.269 e. The Bertz CT molecular complexity index is 576. The molecule has 2 heterocycles. The number of carbonyl (C=O) groups excluding carboxylic acids is 1. The van der Waals surface area contributed by atoms with Crippen molar-refractivity contribution in [1.29, 1.82) is 0 Å². The Balaban J connectivity index is 1.48. The van der Waals surface area contributed by atoms with Crippen LogP contribution < -0.4 is 4.90 Å². The average Bonchev–Trinajstić information content (AvgIpc) is 2.63. The van der Waals surface area contributed by atoms with Crippen LogP contribution in [-0.4, -0.2) is 66.4 Å². The standard InChI is InChI=1S/C17H24N4O3/c22-17(20-8-2-1-3-9-20)14-18-10-12-19(13-11-18)15-4-6-16(7-5-15)21(23)24/h4-7H,1-3,8-14H2. The van der Waals surface area contributed by atoms with Crippen molar-refractivity contribution in [3.63, 3.8) is 0 Å². The molecule has 0 aliphatic carbocycles. The van der Waals surface area contributed by atoms with E-state index in [0.29, 0.717) is 6.54 Å². The van der Waals surface area contributed by atoms with Gasteiger partial charge >= 0.3 is 0 Å². The van der Waals surface area contributed by atoms with Crippen molar-refractivity contribution in [2.24, 2.45) is 0 Å². The number of nitro benzene ring substituents is 1. The maximum absolute atomic E-state index is 12.3. The van der Waals surface area contributed by atoms with E-state index >= 15 is 0 Å². The Morgan fingerprint density at radius 1 is 0.958 bits per heavy atom. The Morgan fingerprint density at radius 2 is 1.58 bits per heavy atom. The van der Waals surface area contributed by atoms with Gasteiger partial charge in [0.25, 0.3) is 5.69 Å². The van der Waals surface area contributed by atoms with Crippen LogP contribution >= 0.6 is 0 Å². The monoisotopic (exact) mass is 332 g/mol. The molecule has 0 N–H and O–H groups in total. The molecular formula is C17H24N4O3. The molecule has 0 atom stereocenters. The number of piperidine rings is 1. The second-order valence-electron chi connectivity index (χ2n) is 6.48. The molecule has 2 aliphatic heterocycles. The van der Waals surface area contributed by atoms with Crippen LogP contribution in [0.15, 0.2) is 24.3 Å². The summed E-state index contributed by atoms with van der Waals surface area (Å²) in [6.07, 6.45) is 3.48. The van der Waals surface area contributed by atoms with Crippen molar-refractivity contribution >= 4 is 17.3 Å². The van der Waals surface area contributed by atoms with Crippen LogP contribution in [0, 0.1) is 10.1 Å². The lowest BCUT2D eigenvalue weighted by molar-refractivity contribution is -0.384. The minimum Gasteiger partial charge on any atom is -0.369 e. The normalized spacial score (nSPS) is 19.3. The zero-order valence-corrected chi connectivity index (χ0v) is 13.9. The molecule has 24 heavy (non-hydrogen) atoms. The summed E-state index contributed by atoms with van der Waals surface area (Å²) in [5.41, 5.74) is 1.12. The SMILES string of the molecule is O=C(CN1CCN(c2ccc([N+](=O)[O-])cc2)CC1)N1CCCCC1. The molecule has 0 bridgehead atoms. The average molecular weight is 332 g/mol. The molecule has 7 heteroatoms. The van der Waals surface area contributed by atoms with Gasteiger partial charge in [-0.15, -0.1) is 0 Å². The third-order valence-electron chi connectivity index (χ3n) is 4.87. The summed E-state index contributed by atoms with van der Waals surface area (Å²) >= 11 is 0. The summed E-state index contributed by atoms with van der Waals surface area (Å²) in [6, 6.07) is 6.68. The summed E-state index contributed by atoms with van der Waals surface area (Å²) in [6.45, 7) is 5.68. The number of non-ortho nitro benzene ring substituents is 1. The van der Waals surface area contributed by atoms with Crippen LogP contribution in [0.2, 0.25) is 0 Å². The number of hydrogen-bond acceptors (Lipinski definition) is 5. The maximum Gasteiger partial charge on any atom is 0.269 e. The number of rotatable bonds is 4. The summed E-state index contributed by atoms with van der Waals surface area (Å²) in [5, 5.41) is 10.7. The molecule has 1 aromatic rings. The molecule has 0 aromatic heterocycles. The van der Waals surface area contributed by atoms with Crippen molar-refractivity contribution in [3.8, 4) is 0 Å².